The lowest BCUT2D eigenvalue weighted by Crippen LogP contribution is -2.43. The van der Waals surface area contributed by atoms with Crippen LogP contribution in [0.1, 0.15) is 37.4 Å². The Morgan fingerprint density at radius 3 is 2.47 bits per heavy atom. The molecule has 1 aliphatic carbocycles. The molecule has 5 heteroatoms. The van der Waals surface area contributed by atoms with Crippen molar-refractivity contribution < 1.29 is 0 Å². The van der Waals surface area contributed by atoms with Gasteiger partial charge in [-0.25, -0.2) is 4.99 Å². The van der Waals surface area contributed by atoms with Crippen LogP contribution in [0.4, 0.5) is 5.69 Å². The van der Waals surface area contributed by atoms with E-state index in [1.165, 1.54) is 12.0 Å². The van der Waals surface area contributed by atoms with E-state index in [4.69, 9.17) is 5.73 Å². The lowest BCUT2D eigenvalue weighted by molar-refractivity contribution is 0.253. The highest BCUT2D eigenvalue weighted by Gasteiger charge is 2.35. The fraction of sp³-hybridized carbons (Fsp3) is 0.280. The molecule has 1 aromatic carbocycles. The van der Waals surface area contributed by atoms with Crippen molar-refractivity contribution in [3.05, 3.63) is 90.0 Å². The van der Waals surface area contributed by atoms with Gasteiger partial charge in [0.1, 0.15) is 5.84 Å². The van der Waals surface area contributed by atoms with Crippen molar-refractivity contribution >= 4 is 17.2 Å². The number of amidine groups is 1. The third kappa shape index (κ3) is 3.46. The van der Waals surface area contributed by atoms with Gasteiger partial charge < -0.3 is 10.6 Å². The SMILES string of the molecule is C=CN=C1/C(=C(\C)N(C)C)C=C(c2ccccn2)N1c1ccc(C2(N)CCC2)cc1. The minimum atomic E-state index is -0.173. The summed E-state index contributed by atoms with van der Waals surface area (Å²) in [5.74, 6) is 0.843. The summed E-state index contributed by atoms with van der Waals surface area (Å²) in [6, 6.07) is 14.5. The maximum Gasteiger partial charge on any atom is 0.146 e. The zero-order valence-electron chi connectivity index (χ0n) is 18.0. The molecular formula is C25H29N5. The van der Waals surface area contributed by atoms with Gasteiger partial charge >= 0.3 is 0 Å². The molecule has 2 aliphatic rings. The first kappa shape index (κ1) is 20.1. The Balaban J connectivity index is 1.84. The Morgan fingerprint density at radius 1 is 1.20 bits per heavy atom. The Hall–Kier alpha value is -3.18. The Kier molecular flexibility index (Phi) is 5.31. The van der Waals surface area contributed by atoms with Crippen molar-refractivity contribution in [1.82, 2.24) is 9.88 Å². The van der Waals surface area contributed by atoms with Crippen molar-refractivity contribution in [1.29, 1.82) is 0 Å². The molecule has 1 saturated carbocycles. The molecule has 30 heavy (non-hydrogen) atoms. The molecule has 2 aromatic rings. The monoisotopic (exact) mass is 399 g/mol. The summed E-state index contributed by atoms with van der Waals surface area (Å²) in [6.45, 7) is 5.95. The molecule has 0 amide bonds. The zero-order valence-corrected chi connectivity index (χ0v) is 18.0. The highest BCUT2D eigenvalue weighted by molar-refractivity contribution is 6.24. The number of hydrogen-bond acceptors (Lipinski definition) is 4. The van der Waals surface area contributed by atoms with E-state index in [1.807, 2.05) is 38.5 Å². The van der Waals surface area contributed by atoms with Crippen LogP contribution in [0.3, 0.4) is 0 Å². The fourth-order valence-corrected chi connectivity index (χ4v) is 3.97. The first-order valence-corrected chi connectivity index (χ1v) is 10.3. The second-order valence-electron chi connectivity index (χ2n) is 8.17. The Bertz CT molecular complexity index is 1020. The number of nitrogens with zero attached hydrogens (tertiary/aromatic N) is 4. The number of aliphatic imine (C=N–C) groups is 1. The third-order valence-corrected chi connectivity index (χ3v) is 6.12. The molecule has 5 nitrogen and oxygen atoms in total. The molecule has 4 rings (SSSR count). The first-order chi connectivity index (χ1) is 14.4. The van der Waals surface area contributed by atoms with Gasteiger partial charge in [0, 0.05) is 49.0 Å². The van der Waals surface area contributed by atoms with Crippen molar-refractivity contribution in [3.63, 3.8) is 0 Å². The number of aromatic nitrogens is 1. The summed E-state index contributed by atoms with van der Waals surface area (Å²) in [7, 11) is 4.08. The molecule has 154 valence electrons. The molecule has 0 saturated heterocycles. The van der Waals surface area contributed by atoms with Gasteiger partial charge in [0.05, 0.1) is 11.4 Å². The highest BCUT2D eigenvalue weighted by Crippen LogP contribution is 2.41. The summed E-state index contributed by atoms with van der Waals surface area (Å²) in [4.78, 5) is 13.5. The van der Waals surface area contributed by atoms with Crippen LogP contribution in [0.5, 0.6) is 0 Å². The number of benzene rings is 1. The van der Waals surface area contributed by atoms with Gasteiger partial charge in [0.15, 0.2) is 0 Å². The normalized spacial score (nSPS) is 20.6. The van der Waals surface area contributed by atoms with Crippen LogP contribution in [0.25, 0.3) is 5.70 Å². The molecule has 2 N–H and O–H groups in total. The standard InChI is InChI=1S/C25H29N5/c1-5-27-24-21(18(2)29(3)4)17-23(22-9-6-7-16-28-22)30(24)20-12-10-19(11-13-20)25(26)14-8-15-25/h5-7,9-13,16-17H,1,8,14-15,26H2,2-4H3/b21-18+,27-24?. The van der Waals surface area contributed by atoms with Gasteiger partial charge in [0.2, 0.25) is 0 Å². The van der Waals surface area contributed by atoms with Gasteiger partial charge in [-0.05, 0) is 62.1 Å². The number of rotatable bonds is 5. The molecule has 0 unspecified atom stereocenters. The van der Waals surface area contributed by atoms with Crippen molar-refractivity contribution in [3.8, 4) is 0 Å². The minimum absolute atomic E-state index is 0.173. The van der Waals surface area contributed by atoms with E-state index < -0.39 is 0 Å². The van der Waals surface area contributed by atoms with E-state index in [0.29, 0.717) is 0 Å². The van der Waals surface area contributed by atoms with E-state index in [-0.39, 0.29) is 5.54 Å². The maximum absolute atomic E-state index is 6.53. The summed E-state index contributed by atoms with van der Waals surface area (Å²) in [6.07, 6.45) is 8.87. The Labute approximate surface area is 178 Å². The largest absolute Gasteiger partial charge is 0.381 e. The lowest BCUT2D eigenvalue weighted by atomic mass is 9.73. The second kappa shape index (κ2) is 7.92. The van der Waals surface area contributed by atoms with Gasteiger partial charge in [-0.1, -0.05) is 24.8 Å². The summed E-state index contributed by atoms with van der Waals surface area (Å²) >= 11 is 0. The molecule has 1 aromatic heterocycles. The van der Waals surface area contributed by atoms with Gasteiger partial charge in [0.25, 0.3) is 0 Å². The molecular weight excluding hydrogens is 370 g/mol. The molecule has 0 atom stereocenters. The number of allylic oxidation sites excluding steroid dienone is 1. The quantitative estimate of drug-likeness (QED) is 0.795. The van der Waals surface area contributed by atoms with Gasteiger partial charge in [-0.15, -0.1) is 0 Å². The Morgan fingerprint density at radius 2 is 1.93 bits per heavy atom. The van der Waals surface area contributed by atoms with Gasteiger partial charge in [-0.2, -0.15) is 0 Å². The molecule has 1 fully saturated rings. The predicted molar refractivity (Wildman–Crippen MR) is 125 cm³/mol. The average Bonchev–Trinajstić information content (AvgIpc) is 3.11. The predicted octanol–water partition coefficient (Wildman–Crippen LogP) is 4.66. The molecule has 2 heterocycles. The number of nitrogens with two attached hydrogens (primary N) is 1. The zero-order chi connectivity index (χ0) is 21.3. The van der Waals surface area contributed by atoms with Crippen LogP contribution in [0.15, 0.2) is 83.8 Å². The van der Waals surface area contributed by atoms with Crippen molar-refractivity contribution in [2.24, 2.45) is 10.7 Å². The van der Waals surface area contributed by atoms with Crippen LogP contribution in [0.2, 0.25) is 0 Å². The number of pyridine rings is 1. The number of hydrogen-bond donors (Lipinski definition) is 1. The fourth-order valence-electron chi connectivity index (χ4n) is 3.97. The lowest BCUT2D eigenvalue weighted by Gasteiger charge is -2.38. The molecule has 1 aliphatic heterocycles. The smallest absolute Gasteiger partial charge is 0.146 e. The maximum atomic E-state index is 6.53. The molecule has 0 bridgehead atoms. The highest BCUT2D eigenvalue weighted by atomic mass is 15.2. The minimum Gasteiger partial charge on any atom is -0.381 e. The average molecular weight is 400 g/mol. The van der Waals surface area contributed by atoms with Gasteiger partial charge in [-0.3, -0.25) is 9.88 Å². The third-order valence-electron chi connectivity index (χ3n) is 6.12. The van der Waals surface area contributed by atoms with Crippen LogP contribution in [0, 0.1) is 0 Å². The van der Waals surface area contributed by atoms with Crippen LogP contribution in [-0.4, -0.2) is 29.8 Å². The van der Waals surface area contributed by atoms with Crippen molar-refractivity contribution in [2.75, 3.05) is 19.0 Å². The molecule has 0 radical (unpaired) electrons. The van der Waals surface area contributed by atoms with Crippen LogP contribution < -0.4 is 10.6 Å². The van der Waals surface area contributed by atoms with E-state index >= 15 is 0 Å². The first-order valence-electron chi connectivity index (χ1n) is 10.3. The van der Waals surface area contributed by atoms with Crippen LogP contribution >= 0.6 is 0 Å². The summed E-state index contributed by atoms with van der Waals surface area (Å²) < 4.78 is 0. The topological polar surface area (TPSA) is 57.8 Å². The summed E-state index contributed by atoms with van der Waals surface area (Å²) in [5.41, 5.74) is 12.7. The summed E-state index contributed by atoms with van der Waals surface area (Å²) in [5, 5.41) is 0. The number of anilines is 1. The van der Waals surface area contributed by atoms with E-state index in [0.717, 1.165) is 47.0 Å². The van der Waals surface area contributed by atoms with E-state index in [2.05, 4.69) is 63.6 Å². The van der Waals surface area contributed by atoms with E-state index in [1.54, 1.807) is 6.20 Å². The van der Waals surface area contributed by atoms with Crippen LogP contribution in [-0.2, 0) is 5.54 Å². The second-order valence-corrected chi connectivity index (χ2v) is 8.17. The van der Waals surface area contributed by atoms with Crippen molar-refractivity contribution in [2.45, 2.75) is 31.7 Å². The molecule has 0 spiro atoms. The van der Waals surface area contributed by atoms with E-state index in [9.17, 15) is 0 Å².